The van der Waals surface area contributed by atoms with E-state index in [-0.39, 0.29) is 0 Å². The van der Waals surface area contributed by atoms with Crippen molar-refractivity contribution >= 4 is 17.4 Å². The molecule has 0 radical (unpaired) electrons. The maximum absolute atomic E-state index is 6.08. The van der Waals surface area contributed by atoms with E-state index in [2.05, 4.69) is 30.8 Å². The third kappa shape index (κ3) is 3.41. The zero-order chi connectivity index (χ0) is 13.7. The predicted octanol–water partition coefficient (Wildman–Crippen LogP) is 3.87. The molecule has 0 unspecified atom stereocenters. The van der Waals surface area contributed by atoms with Crippen molar-refractivity contribution in [1.29, 1.82) is 0 Å². The van der Waals surface area contributed by atoms with Gasteiger partial charge in [-0.2, -0.15) is 5.10 Å². The fraction of sp³-hybridized carbons (Fsp3) is 0.786. The third-order valence-corrected chi connectivity index (χ3v) is 3.61. The van der Waals surface area contributed by atoms with Crippen molar-refractivity contribution in [3.8, 4) is 0 Å². The molecular formula is C14H26ClN3. The Hall–Kier alpha value is -0.700. The summed E-state index contributed by atoms with van der Waals surface area (Å²) in [4.78, 5) is 2.42. The number of anilines is 1. The first-order valence-corrected chi connectivity index (χ1v) is 7.41. The molecule has 0 spiro atoms. The van der Waals surface area contributed by atoms with Crippen LogP contribution in [0.2, 0.25) is 0 Å². The minimum atomic E-state index is 0.471. The molecule has 0 saturated heterocycles. The molecule has 1 heterocycles. The molecule has 0 bridgehead atoms. The largest absolute Gasteiger partial charge is 0.354 e. The molecule has 1 aromatic rings. The van der Waals surface area contributed by atoms with E-state index in [0.717, 1.165) is 12.2 Å². The summed E-state index contributed by atoms with van der Waals surface area (Å²) in [6.45, 7) is 9.80. The van der Waals surface area contributed by atoms with Crippen LogP contribution in [0.25, 0.3) is 0 Å². The van der Waals surface area contributed by atoms with Gasteiger partial charge in [0.2, 0.25) is 0 Å². The lowest BCUT2D eigenvalue weighted by atomic mass is 10.2. The molecular weight excluding hydrogens is 246 g/mol. The zero-order valence-corrected chi connectivity index (χ0v) is 13.1. The average Bonchev–Trinajstić information content (AvgIpc) is 2.59. The first kappa shape index (κ1) is 15.4. The minimum absolute atomic E-state index is 0.471. The van der Waals surface area contributed by atoms with Crippen LogP contribution in [0.5, 0.6) is 0 Å². The second-order valence-electron chi connectivity index (χ2n) is 5.14. The number of unbranched alkanes of at least 4 members (excludes halogenated alkanes) is 2. The molecule has 0 atom stereocenters. The molecule has 3 nitrogen and oxygen atoms in total. The molecule has 4 heteroatoms. The van der Waals surface area contributed by atoms with Gasteiger partial charge in [-0.3, -0.25) is 4.68 Å². The number of rotatable bonds is 7. The van der Waals surface area contributed by atoms with Gasteiger partial charge in [0, 0.05) is 25.2 Å². The molecule has 0 aliphatic carbocycles. The van der Waals surface area contributed by atoms with E-state index in [1.54, 1.807) is 0 Å². The summed E-state index contributed by atoms with van der Waals surface area (Å²) in [6, 6.07) is 0.471. The summed E-state index contributed by atoms with van der Waals surface area (Å²) < 4.78 is 1.97. The third-order valence-electron chi connectivity index (χ3n) is 3.34. The van der Waals surface area contributed by atoms with Crippen LogP contribution in [-0.2, 0) is 12.9 Å². The van der Waals surface area contributed by atoms with Crippen molar-refractivity contribution in [3.63, 3.8) is 0 Å². The number of alkyl halides is 1. The van der Waals surface area contributed by atoms with Gasteiger partial charge in [0.05, 0.1) is 11.6 Å². The van der Waals surface area contributed by atoms with E-state index in [1.807, 2.05) is 18.7 Å². The van der Waals surface area contributed by atoms with Crippen molar-refractivity contribution in [3.05, 3.63) is 11.3 Å². The van der Waals surface area contributed by atoms with Gasteiger partial charge in [-0.25, -0.2) is 0 Å². The number of hydrogen-bond donors (Lipinski definition) is 0. The standard InChI is InChI=1S/C14H26ClN3/c1-6-7-8-9-18(11(2)3)14-13(10-15)12(4)16-17(14)5/h11H,6-10H2,1-5H3. The molecule has 18 heavy (non-hydrogen) atoms. The van der Waals surface area contributed by atoms with Gasteiger partial charge in [-0.05, 0) is 27.2 Å². The molecule has 0 saturated carbocycles. The highest BCUT2D eigenvalue weighted by Crippen LogP contribution is 2.26. The maximum Gasteiger partial charge on any atom is 0.131 e. The lowest BCUT2D eigenvalue weighted by Gasteiger charge is -2.29. The van der Waals surface area contributed by atoms with Gasteiger partial charge < -0.3 is 4.90 Å². The number of nitrogens with zero attached hydrogens (tertiary/aromatic N) is 3. The Labute approximate surface area is 116 Å². The highest BCUT2D eigenvalue weighted by Gasteiger charge is 2.20. The molecule has 1 aromatic heterocycles. The lowest BCUT2D eigenvalue weighted by Crippen LogP contribution is -2.34. The highest BCUT2D eigenvalue weighted by molar-refractivity contribution is 6.17. The van der Waals surface area contributed by atoms with E-state index < -0.39 is 0 Å². The fourth-order valence-electron chi connectivity index (χ4n) is 2.35. The summed E-state index contributed by atoms with van der Waals surface area (Å²) in [5.74, 6) is 1.72. The van der Waals surface area contributed by atoms with Gasteiger partial charge in [0.25, 0.3) is 0 Å². The van der Waals surface area contributed by atoms with E-state index >= 15 is 0 Å². The number of aromatic nitrogens is 2. The van der Waals surface area contributed by atoms with Crippen molar-refractivity contribution in [2.24, 2.45) is 7.05 Å². The van der Waals surface area contributed by atoms with Crippen LogP contribution in [0, 0.1) is 6.92 Å². The van der Waals surface area contributed by atoms with Gasteiger partial charge >= 0.3 is 0 Å². The first-order chi connectivity index (χ1) is 8.52. The van der Waals surface area contributed by atoms with Gasteiger partial charge in [-0.15, -0.1) is 11.6 Å². The molecule has 1 rings (SSSR count). The molecule has 0 aromatic carbocycles. The van der Waals surface area contributed by atoms with Crippen LogP contribution in [-0.4, -0.2) is 22.4 Å². The summed E-state index contributed by atoms with van der Waals surface area (Å²) in [7, 11) is 2.01. The number of hydrogen-bond acceptors (Lipinski definition) is 2. The van der Waals surface area contributed by atoms with Crippen LogP contribution in [0.4, 0.5) is 5.82 Å². The molecule has 0 amide bonds. The molecule has 0 aliphatic heterocycles. The second-order valence-corrected chi connectivity index (χ2v) is 5.41. The van der Waals surface area contributed by atoms with Crippen LogP contribution < -0.4 is 4.90 Å². The Bertz CT molecular complexity index is 371. The summed E-state index contributed by atoms with van der Waals surface area (Å²) in [6.07, 6.45) is 3.75. The quantitative estimate of drug-likeness (QED) is 0.554. The number of halogens is 1. The molecule has 0 N–H and O–H groups in total. The van der Waals surface area contributed by atoms with Crippen molar-refractivity contribution in [2.45, 2.75) is 58.9 Å². The minimum Gasteiger partial charge on any atom is -0.354 e. The first-order valence-electron chi connectivity index (χ1n) is 6.88. The lowest BCUT2D eigenvalue weighted by molar-refractivity contribution is 0.598. The van der Waals surface area contributed by atoms with Gasteiger partial charge in [0.15, 0.2) is 0 Å². The molecule has 104 valence electrons. The SMILES string of the molecule is CCCCCN(c1c(CCl)c(C)nn1C)C(C)C. The van der Waals surface area contributed by atoms with E-state index in [9.17, 15) is 0 Å². The Morgan fingerprint density at radius 2 is 2.00 bits per heavy atom. The van der Waals surface area contributed by atoms with Crippen LogP contribution in [0.3, 0.4) is 0 Å². The molecule has 0 aliphatic rings. The summed E-state index contributed by atoms with van der Waals surface area (Å²) >= 11 is 6.08. The fourth-order valence-corrected chi connectivity index (χ4v) is 2.66. The highest BCUT2D eigenvalue weighted by atomic mass is 35.5. The smallest absolute Gasteiger partial charge is 0.131 e. The Balaban J connectivity index is 2.98. The van der Waals surface area contributed by atoms with Crippen molar-refractivity contribution in [2.75, 3.05) is 11.4 Å². The number of aryl methyl sites for hydroxylation is 2. The summed E-state index contributed by atoms with van der Waals surface area (Å²) in [5, 5.41) is 4.50. The van der Waals surface area contributed by atoms with Crippen molar-refractivity contribution < 1.29 is 0 Å². The van der Waals surface area contributed by atoms with Crippen molar-refractivity contribution in [1.82, 2.24) is 9.78 Å². The maximum atomic E-state index is 6.08. The van der Waals surface area contributed by atoms with Gasteiger partial charge in [0.1, 0.15) is 5.82 Å². The van der Waals surface area contributed by atoms with Crippen LogP contribution in [0.15, 0.2) is 0 Å². The monoisotopic (exact) mass is 271 g/mol. The topological polar surface area (TPSA) is 21.1 Å². The zero-order valence-electron chi connectivity index (χ0n) is 12.3. The van der Waals surface area contributed by atoms with E-state index in [1.165, 1.54) is 30.6 Å². The Kier molecular flexibility index (Phi) is 6.00. The van der Waals surface area contributed by atoms with E-state index in [0.29, 0.717) is 11.9 Å². The molecule has 0 fully saturated rings. The summed E-state index contributed by atoms with van der Waals surface area (Å²) in [5.41, 5.74) is 2.22. The van der Waals surface area contributed by atoms with E-state index in [4.69, 9.17) is 11.6 Å². The predicted molar refractivity (Wildman–Crippen MR) is 79.5 cm³/mol. The van der Waals surface area contributed by atoms with Crippen LogP contribution >= 0.6 is 11.6 Å². The van der Waals surface area contributed by atoms with Crippen LogP contribution in [0.1, 0.15) is 51.3 Å². The second kappa shape index (κ2) is 7.03. The normalized spacial score (nSPS) is 11.3. The average molecular weight is 272 g/mol. The Morgan fingerprint density at radius 1 is 1.33 bits per heavy atom. The van der Waals surface area contributed by atoms with Gasteiger partial charge in [-0.1, -0.05) is 19.8 Å². The Morgan fingerprint density at radius 3 is 2.50 bits per heavy atom.